The van der Waals surface area contributed by atoms with Crippen molar-refractivity contribution in [3.63, 3.8) is 0 Å². The molecule has 1 aromatic rings. The maximum atomic E-state index is 12.0. The Labute approximate surface area is 124 Å². The van der Waals surface area contributed by atoms with Gasteiger partial charge in [-0.15, -0.1) is 0 Å². The van der Waals surface area contributed by atoms with Crippen LogP contribution in [0.1, 0.15) is 32.3 Å². The van der Waals surface area contributed by atoms with Crippen molar-refractivity contribution < 1.29 is 9.72 Å². The van der Waals surface area contributed by atoms with E-state index < -0.39 is 4.92 Å². The number of nitrogens with zero attached hydrogens (tertiary/aromatic N) is 1. The lowest BCUT2D eigenvalue weighted by Gasteiger charge is -2.16. The van der Waals surface area contributed by atoms with Crippen LogP contribution in [-0.4, -0.2) is 17.4 Å². The summed E-state index contributed by atoms with van der Waals surface area (Å²) >= 11 is 0. The van der Waals surface area contributed by atoms with Gasteiger partial charge in [0.2, 0.25) is 5.91 Å². The molecular formula is C15H23N3O3. The molecule has 0 aliphatic carbocycles. The number of aryl methyl sites for hydroxylation is 1. The number of anilines is 1. The number of hydrogen-bond donors (Lipinski definition) is 2. The lowest BCUT2D eigenvalue weighted by atomic mass is 9.94. The zero-order valence-corrected chi connectivity index (χ0v) is 12.8. The van der Waals surface area contributed by atoms with Gasteiger partial charge in [0.25, 0.3) is 5.69 Å². The topological polar surface area (TPSA) is 98.3 Å². The molecule has 21 heavy (non-hydrogen) atoms. The van der Waals surface area contributed by atoms with Crippen LogP contribution in [0.25, 0.3) is 0 Å². The predicted molar refractivity (Wildman–Crippen MR) is 83.1 cm³/mol. The van der Waals surface area contributed by atoms with E-state index in [1.165, 1.54) is 6.07 Å². The second-order valence-corrected chi connectivity index (χ2v) is 5.74. The van der Waals surface area contributed by atoms with Crippen LogP contribution in [0.3, 0.4) is 0 Å². The Morgan fingerprint density at radius 3 is 2.62 bits per heavy atom. The van der Waals surface area contributed by atoms with Gasteiger partial charge in [0.15, 0.2) is 0 Å². The molecule has 116 valence electrons. The SMILES string of the molecule is Cc1ccc(NC(=O)CC(CN)CC(C)C)cc1[N+](=O)[O-]. The van der Waals surface area contributed by atoms with Crippen LogP contribution in [0, 0.1) is 28.9 Å². The third-order valence-corrected chi connectivity index (χ3v) is 3.30. The summed E-state index contributed by atoms with van der Waals surface area (Å²) in [6, 6.07) is 4.68. The molecule has 0 saturated heterocycles. The molecule has 0 bridgehead atoms. The predicted octanol–water partition coefficient (Wildman–Crippen LogP) is 2.85. The third-order valence-electron chi connectivity index (χ3n) is 3.30. The van der Waals surface area contributed by atoms with Crippen LogP contribution < -0.4 is 11.1 Å². The van der Waals surface area contributed by atoms with Crippen molar-refractivity contribution in [2.75, 3.05) is 11.9 Å². The minimum atomic E-state index is -0.452. The molecule has 0 aromatic heterocycles. The second-order valence-electron chi connectivity index (χ2n) is 5.74. The van der Waals surface area contributed by atoms with E-state index in [1.807, 2.05) is 0 Å². The van der Waals surface area contributed by atoms with E-state index in [0.717, 1.165) is 6.42 Å². The molecule has 1 aromatic carbocycles. The number of rotatable bonds is 7. The minimum absolute atomic E-state index is 0.00496. The van der Waals surface area contributed by atoms with Gasteiger partial charge in [0, 0.05) is 23.7 Å². The highest BCUT2D eigenvalue weighted by atomic mass is 16.6. The molecule has 0 saturated carbocycles. The Morgan fingerprint density at radius 1 is 1.43 bits per heavy atom. The van der Waals surface area contributed by atoms with Crippen molar-refractivity contribution in [2.45, 2.75) is 33.6 Å². The molecule has 0 aliphatic heterocycles. The fourth-order valence-electron chi connectivity index (χ4n) is 2.29. The van der Waals surface area contributed by atoms with Crippen molar-refractivity contribution in [1.82, 2.24) is 0 Å². The summed E-state index contributed by atoms with van der Waals surface area (Å²) in [7, 11) is 0. The van der Waals surface area contributed by atoms with Gasteiger partial charge in [0.1, 0.15) is 0 Å². The van der Waals surface area contributed by atoms with Crippen molar-refractivity contribution in [3.05, 3.63) is 33.9 Å². The van der Waals surface area contributed by atoms with Crippen LogP contribution in [0.5, 0.6) is 0 Å². The number of carbonyl (C=O) groups is 1. The molecule has 3 N–H and O–H groups in total. The van der Waals surface area contributed by atoms with Crippen LogP contribution >= 0.6 is 0 Å². The zero-order chi connectivity index (χ0) is 16.0. The van der Waals surface area contributed by atoms with Gasteiger partial charge in [-0.25, -0.2) is 0 Å². The van der Waals surface area contributed by atoms with E-state index in [-0.39, 0.29) is 17.5 Å². The lowest BCUT2D eigenvalue weighted by Crippen LogP contribution is -2.23. The number of amides is 1. The maximum absolute atomic E-state index is 12.0. The summed E-state index contributed by atoms with van der Waals surface area (Å²) in [5.41, 5.74) is 6.69. The lowest BCUT2D eigenvalue weighted by molar-refractivity contribution is -0.385. The highest BCUT2D eigenvalue weighted by Gasteiger charge is 2.16. The van der Waals surface area contributed by atoms with E-state index >= 15 is 0 Å². The van der Waals surface area contributed by atoms with E-state index in [2.05, 4.69) is 19.2 Å². The van der Waals surface area contributed by atoms with E-state index in [4.69, 9.17) is 5.73 Å². The minimum Gasteiger partial charge on any atom is -0.330 e. The third kappa shape index (κ3) is 5.51. The van der Waals surface area contributed by atoms with Crippen LogP contribution in [0.2, 0.25) is 0 Å². The smallest absolute Gasteiger partial charge is 0.274 e. The summed E-state index contributed by atoms with van der Waals surface area (Å²) < 4.78 is 0. The zero-order valence-electron chi connectivity index (χ0n) is 12.8. The molecule has 1 rings (SSSR count). The molecule has 0 heterocycles. The van der Waals surface area contributed by atoms with Crippen LogP contribution in [0.15, 0.2) is 18.2 Å². The molecule has 0 aliphatic rings. The summed E-state index contributed by atoms with van der Waals surface area (Å²) in [6.07, 6.45) is 1.22. The van der Waals surface area contributed by atoms with Gasteiger partial charge < -0.3 is 11.1 Å². The Balaban J connectivity index is 2.70. The van der Waals surface area contributed by atoms with Gasteiger partial charge >= 0.3 is 0 Å². The van der Waals surface area contributed by atoms with Crippen molar-refractivity contribution >= 4 is 17.3 Å². The fourth-order valence-corrected chi connectivity index (χ4v) is 2.29. The first-order chi connectivity index (χ1) is 9.83. The van der Waals surface area contributed by atoms with Gasteiger partial charge in [-0.2, -0.15) is 0 Å². The molecule has 0 spiro atoms. The quantitative estimate of drug-likeness (QED) is 0.596. The summed E-state index contributed by atoms with van der Waals surface area (Å²) in [5.74, 6) is 0.446. The van der Waals surface area contributed by atoms with Crippen molar-refractivity contribution in [3.8, 4) is 0 Å². The summed E-state index contributed by atoms with van der Waals surface area (Å²) in [6.45, 7) is 6.30. The van der Waals surface area contributed by atoms with Crippen LogP contribution in [-0.2, 0) is 4.79 Å². The largest absolute Gasteiger partial charge is 0.330 e. The van der Waals surface area contributed by atoms with E-state index in [9.17, 15) is 14.9 Å². The number of nitrogens with two attached hydrogens (primary N) is 1. The number of nitrogens with one attached hydrogen (secondary N) is 1. The van der Waals surface area contributed by atoms with Gasteiger partial charge in [-0.05, 0) is 37.8 Å². The summed E-state index contributed by atoms with van der Waals surface area (Å²) in [4.78, 5) is 22.4. The maximum Gasteiger partial charge on any atom is 0.274 e. The molecule has 0 radical (unpaired) electrons. The van der Waals surface area contributed by atoms with Crippen LogP contribution in [0.4, 0.5) is 11.4 Å². The van der Waals surface area contributed by atoms with E-state index in [0.29, 0.717) is 30.1 Å². The first-order valence-electron chi connectivity index (χ1n) is 7.08. The van der Waals surface area contributed by atoms with Crippen molar-refractivity contribution in [1.29, 1.82) is 0 Å². The molecule has 6 nitrogen and oxygen atoms in total. The fraction of sp³-hybridized carbons (Fsp3) is 0.533. The first-order valence-corrected chi connectivity index (χ1v) is 7.08. The van der Waals surface area contributed by atoms with Gasteiger partial charge in [-0.1, -0.05) is 19.9 Å². The number of nitro benzene ring substituents is 1. The summed E-state index contributed by atoms with van der Waals surface area (Å²) in [5, 5.41) is 13.6. The van der Waals surface area contributed by atoms with E-state index in [1.54, 1.807) is 19.1 Å². The number of benzene rings is 1. The Hall–Kier alpha value is -1.95. The van der Waals surface area contributed by atoms with Gasteiger partial charge in [-0.3, -0.25) is 14.9 Å². The Morgan fingerprint density at radius 2 is 2.10 bits per heavy atom. The normalized spacial score (nSPS) is 12.2. The average molecular weight is 293 g/mol. The molecule has 1 unspecified atom stereocenters. The number of carbonyl (C=O) groups excluding carboxylic acids is 1. The monoisotopic (exact) mass is 293 g/mol. The molecule has 1 amide bonds. The Kier molecular flexibility index (Phi) is 6.30. The first kappa shape index (κ1) is 17.1. The molecule has 0 fully saturated rings. The number of nitro groups is 1. The number of hydrogen-bond acceptors (Lipinski definition) is 4. The molecular weight excluding hydrogens is 270 g/mol. The highest BCUT2D eigenvalue weighted by molar-refractivity contribution is 5.91. The molecule has 6 heteroatoms. The highest BCUT2D eigenvalue weighted by Crippen LogP contribution is 2.23. The van der Waals surface area contributed by atoms with Gasteiger partial charge in [0.05, 0.1) is 4.92 Å². The second kappa shape index (κ2) is 7.73. The average Bonchev–Trinajstić information content (AvgIpc) is 2.39. The van der Waals surface area contributed by atoms with Crippen molar-refractivity contribution in [2.24, 2.45) is 17.6 Å². The standard InChI is InChI=1S/C15H23N3O3/c1-10(2)6-12(9-16)7-15(19)17-13-5-4-11(3)14(8-13)18(20)21/h4-5,8,10,12H,6-7,9,16H2,1-3H3,(H,17,19). The Bertz CT molecular complexity index is 515. The molecule has 1 atom stereocenters.